The summed E-state index contributed by atoms with van der Waals surface area (Å²) in [6.45, 7) is 26.5. The summed E-state index contributed by atoms with van der Waals surface area (Å²) in [6, 6.07) is 8.87. The lowest BCUT2D eigenvalue weighted by molar-refractivity contribution is -0.127. The predicted molar refractivity (Wildman–Crippen MR) is 193 cm³/mol. The van der Waals surface area contributed by atoms with E-state index in [1.165, 1.54) is 11.1 Å². The highest BCUT2D eigenvalue weighted by Crippen LogP contribution is 2.51. The molecular weight excluding hydrogens is 592 g/mol. The van der Waals surface area contributed by atoms with Gasteiger partial charge in [0.2, 0.25) is 11.6 Å². The van der Waals surface area contributed by atoms with Crippen LogP contribution in [0, 0.1) is 10.8 Å². The van der Waals surface area contributed by atoms with Crippen LogP contribution in [0.1, 0.15) is 116 Å². The normalized spacial score (nSPS) is 25.0. The van der Waals surface area contributed by atoms with E-state index in [4.69, 9.17) is 9.47 Å². The van der Waals surface area contributed by atoms with E-state index in [-0.39, 0.29) is 33.2 Å². The third kappa shape index (κ3) is 5.17. The highest BCUT2D eigenvalue weighted by atomic mass is 16.5. The van der Waals surface area contributed by atoms with Gasteiger partial charge in [-0.1, -0.05) is 120 Å². The standard InChI is InChI=1S/C44H52O4/c1-39(2,3)31-15-25-13-27-17-33(41(7,8)9)24-44(37(27)45)22-30-20-32(40(4,5)6)16-26(36(30)48-44)14-28-18-34(42(10,11)12)23-43(38(28)46)21-29(19-31)35(25)47-43/h15-20,23-24H,13-14,21-22H2,1-12H3/t43-,44-/m1/s1. The lowest BCUT2D eigenvalue weighted by atomic mass is 9.72. The van der Waals surface area contributed by atoms with Gasteiger partial charge in [-0.3, -0.25) is 9.59 Å². The molecule has 0 radical (unpaired) electrons. The van der Waals surface area contributed by atoms with Gasteiger partial charge >= 0.3 is 0 Å². The minimum Gasteiger partial charge on any atom is -0.474 e. The third-order valence-corrected chi connectivity index (χ3v) is 11.0. The molecule has 2 aromatic rings. The SMILES string of the molecule is CC(C)(C)C1=C[C@@]23Cc4cc(C(C)(C)C)cc(c4O2)CC2=CC(C(C)(C)C)=C[C@]4(Cc5cc(C(C)(C)C)cc(c5O4)CC(=C1)C3=O)C2=O. The fourth-order valence-electron chi connectivity index (χ4n) is 7.88. The molecule has 3 heterocycles. The van der Waals surface area contributed by atoms with Crippen molar-refractivity contribution in [1.29, 1.82) is 0 Å². The summed E-state index contributed by atoms with van der Waals surface area (Å²) in [5.74, 6) is 1.52. The smallest absolute Gasteiger partial charge is 0.207 e. The molecule has 4 nitrogen and oxygen atoms in total. The number of hydrogen-bond acceptors (Lipinski definition) is 4. The Kier molecular flexibility index (Phi) is 6.82. The third-order valence-electron chi connectivity index (χ3n) is 11.0. The molecule has 7 rings (SSSR count). The van der Waals surface area contributed by atoms with Gasteiger partial charge < -0.3 is 9.47 Å². The molecule has 0 amide bonds. The maximum absolute atomic E-state index is 14.9. The monoisotopic (exact) mass is 644 g/mol. The number of ether oxygens (including phenoxy) is 2. The average Bonchev–Trinajstić information content (AvgIpc) is 3.50. The van der Waals surface area contributed by atoms with Crippen LogP contribution in [0.2, 0.25) is 0 Å². The number of fused-ring (bicyclic) bond motifs is 2. The molecule has 0 N–H and O–H groups in total. The summed E-state index contributed by atoms with van der Waals surface area (Å²) in [5, 5.41) is 0. The molecule has 6 bridgehead atoms. The van der Waals surface area contributed by atoms with Gasteiger partial charge in [-0.2, -0.15) is 0 Å². The average molecular weight is 645 g/mol. The summed E-state index contributed by atoms with van der Waals surface area (Å²) in [5.41, 5.74) is 7.06. The molecule has 0 saturated carbocycles. The second-order valence-corrected chi connectivity index (χ2v) is 19.1. The van der Waals surface area contributed by atoms with E-state index in [1.54, 1.807) is 0 Å². The quantitative estimate of drug-likeness (QED) is 0.287. The summed E-state index contributed by atoms with van der Waals surface area (Å²) in [6.07, 6.45) is 10.1. The van der Waals surface area contributed by atoms with Crippen molar-refractivity contribution in [3.05, 3.63) is 104 Å². The second-order valence-electron chi connectivity index (χ2n) is 19.1. The molecule has 0 saturated heterocycles. The molecule has 0 aromatic heterocycles. The summed E-state index contributed by atoms with van der Waals surface area (Å²) >= 11 is 0. The maximum atomic E-state index is 14.9. The first-order valence-electron chi connectivity index (χ1n) is 17.7. The van der Waals surface area contributed by atoms with Crippen molar-refractivity contribution in [3.8, 4) is 11.5 Å². The number of benzene rings is 2. The van der Waals surface area contributed by atoms with Gasteiger partial charge in [0, 0.05) is 36.8 Å². The van der Waals surface area contributed by atoms with Crippen LogP contribution in [0.25, 0.3) is 0 Å². The molecule has 2 aliphatic carbocycles. The van der Waals surface area contributed by atoms with Crippen LogP contribution in [-0.4, -0.2) is 22.8 Å². The Bertz CT molecular complexity index is 1790. The van der Waals surface area contributed by atoms with Gasteiger partial charge in [0.15, 0.2) is 11.2 Å². The van der Waals surface area contributed by atoms with E-state index >= 15 is 0 Å². The van der Waals surface area contributed by atoms with Crippen molar-refractivity contribution >= 4 is 11.6 Å². The molecule has 48 heavy (non-hydrogen) atoms. The minimum absolute atomic E-state index is 0.0139. The molecule has 2 spiro atoms. The van der Waals surface area contributed by atoms with Crippen LogP contribution in [0.3, 0.4) is 0 Å². The fourth-order valence-corrected chi connectivity index (χ4v) is 7.88. The first-order valence-corrected chi connectivity index (χ1v) is 17.7. The van der Waals surface area contributed by atoms with Crippen molar-refractivity contribution in [1.82, 2.24) is 0 Å². The van der Waals surface area contributed by atoms with Gasteiger partial charge in [-0.05, 0) is 78.3 Å². The molecule has 5 aliphatic rings. The van der Waals surface area contributed by atoms with E-state index in [0.717, 1.165) is 56.0 Å². The molecule has 3 aliphatic heterocycles. The van der Waals surface area contributed by atoms with Crippen molar-refractivity contribution in [3.63, 3.8) is 0 Å². The zero-order chi connectivity index (χ0) is 35.0. The number of allylic oxidation sites excluding steroid dienone is 4. The van der Waals surface area contributed by atoms with Gasteiger partial charge in [-0.25, -0.2) is 0 Å². The molecule has 2 aromatic carbocycles. The highest BCUT2D eigenvalue weighted by Gasteiger charge is 2.53. The lowest BCUT2D eigenvalue weighted by Crippen LogP contribution is -2.46. The van der Waals surface area contributed by atoms with Gasteiger partial charge in [0.1, 0.15) is 11.5 Å². The Hall–Kier alpha value is -3.66. The molecule has 0 fully saturated rings. The van der Waals surface area contributed by atoms with Gasteiger partial charge in [-0.15, -0.1) is 0 Å². The van der Waals surface area contributed by atoms with Gasteiger partial charge in [0.05, 0.1) is 0 Å². The van der Waals surface area contributed by atoms with E-state index in [1.807, 2.05) is 0 Å². The van der Waals surface area contributed by atoms with E-state index in [2.05, 4.69) is 132 Å². The van der Waals surface area contributed by atoms with Crippen LogP contribution in [-0.2, 0) is 46.1 Å². The first-order chi connectivity index (χ1) is 22.0. The highest BCUT2D eigenvalue weighted by molar-refractivity contribution is 6.08. The van der Waals surface area contributed by atoms with Crippen LogP contribution < -0.4 is 9.47 Å². The van der Waals surface area contributed by atoms with Crippen LogP contribution in [0.15, 0.2) is 70.9 Å². The predicted octanol–water partition coefficient (Wildman–Crippen LogP) is 9.39. The van der Waals surface area contributed by atoms with E-state index in [0.29, 0.717) is 25.7 Å². The molecule has 4 heteroatoms. The summed E-state index contributed by atoms with van der Waals surface area (Å²) < 4.78 is 14.0. The molecule has 2 atom stereocenters. The van der Waals surface area contributed by atoms with Crippen molar-refractivity contribution in [2.45, 2.75) is 131 Å². The van der Waals surface area contributed by atoms with Crippen molar-refractivity contribution in [2.24, 2.45) is 10.8 Å². The Morgan fingerprint density at radius 3 is 1.15 bits per heavy atom. The van der Waals surface area contributed by atoms with Crippen LogP contribution in [0.5, 0.6) is 11.5 Å². The molecule has 252 valence electrons. The maximum Gasteiger partial charge on any atom is 0.207 e. The van der Waals surface area contributed by atoms with Crippen LogP contribution >= 0.6 is 0 Å². The minimum atomic E-state index is -1.14. The topological polar surface area (TPSA) is 52.6 Å². The molecular formula is C44H52O4. The number of Topliss-reactive ketones (excluding diaryl/α,β-unsaturated/α-hetero) is 2. The van der Waals surface area contributed by atoms with Gasteiger partial charge in [0.25, 0.3) is 0 Å². The van der Waals surface area contributed by atoms with E-state index in [9.17, 15) is 9.59 Å². The summed E-state index contributed by atoms with van der Waals surface area (Å²) in [4.78, 5) is 29.8. The Morgan fingerprint density at radius 2 is 0.833 bits per heavy atom. The number of ketones is 2. The van der Waals surface area contributed by atoms with Crippen molar-refractivity contribution in [2.75, 3.05) is 0 Å². The Morgan fingerprint density at radius 1 is 0.500 bits per heavy atom. The van der Waals surface area contributed by atoms with Crippen LogP contribution in [0.4, 0.5) is 0 Å². The lowest BCUT2D eigenvalue weighted by Gasteiger charge is -2.35. The second kappa shape index (κ2) is 9.96. The largest absolute Gasteiger partial charge is 0.474 e. The first kappa shape index (κ1) is 32.9. The summed E-state index contributed by atoms with van der Waals surface area (Å²) in [7, 11) is 0. The zero-order valence-electron chi connectivity index (χ0n) is 31.1. The van der Waals surface area contributed by atoms with E-state index < -0.39 is 11.2 Å². The molecule has 0 unspecified atom stereocenters. The fraction of sp³-hybridized carbons (Fsp3) is 0.500. The number of carbonyl (C=O) groups excluding carboxylic acids is 2. The number of hydrogen-bond donors (Lipinski definition) is 0. The Balaban J connectivity index is 1.53. The zero-order valence-corrected chi connectivity index (χ0v) is 31.1. The number of rotatable bonds is 0. The van der Waals surface area contributed by atoms with Crippen molar-refractivity contribution < 1.29 is 19.1 Å². The number of carbonyl (C=O) groups is 2. The Labute approximate surface area is 287 Å².